The molecule has 0 bridgehead atoms. The van der Waals surface area contributed by atoms with E-state index >= 15 is 0 Å². The van der Waals surface area contributed by atoms with Gasteiger partial charge in [0.2, 0.25) is 5.91 Å². The highest BCUT2D eigenvalue weighted by molar-refractivity contribution is 6.31. The van der Waals surface area contributed by atoms with Crippen molar-refractivity contribution < 1.29 is 4.79 Å². The molecule has 1 amide bonds. The third kappa shape index (κ3) is 3.34. The van der Waals surface area contributed by atoms with Gasteiger partial charge in [0.1, 0.15) is 6.33 Å². The lowest BCUT2D eigenvalue weighted by Crippen LogP contribution is -2.43. The van der Waals surface area contributed by atoms with Gasteiger partial charge >= 0.3 is 0 Å². The highest BCUT2D eigenvalue weighted by Crippen LogP contribution is 2.60. The van der Waals surface area contributed by atoms with Crippen LogP contribution < -0.4 is 5.32 Å². The average molecular weight is 469 g/mol. The van der Waals surface area contributed by atoms with Gasteiger partial charge in [0, 0.05) is 27.6 Å². The summed E-state index contributed by atoms with van der Waals surface area (Å²) < 4.78 is 0. The van der Waals surface area contributed by atoms with Gasteiger partial charge < -0.3 is 5.32 Å². The van der Waals surface area contributed by atoms with Crippen molar-refractivity contribution in [2.45, 2.75) is 51.0 Å². The van der Waals surface area contributed by atoms with Gasteiger partial charge in [-0.3, -0.25) is 9.89 Å². The van der Waals surface area contributed by atoms with Crippen LogP contribution in [0.1, 0.15) is 56.1 Å². The molecule has 0 unspecified atom stereocenters. The quantitative estimate of drug-likeness (QED) is 0.495. The summed E-state index contributed by atoms with van der Waals surface area (Å²) >= 11 is 13.1. The SMILES string of the molecule is CC[C@@]12CC[C@@H](c3ccc(-c4ncn[nH]4)cc3Cl)[C@H](c3ccc(Cl)cc3)[C@@H]1[C@@H](C)NC2=O. The number of carbonyl (C=O) groups excluding carboxylic acids is 1. The van der Waals surface area contributed by atoms with Crippen molar-refractivity contribution in [2.24, 2.45) is 11.3 Å². The van der Waals surface area contributed by atoms with Gasteiger partial charge in [-0.15, -0.1) is 0 Å². The fourth-order valence-electron chi connectivity index (χ4n) is 6.21. The molecule has 2 heterocycles. The third-order valence-electron chi connectivity index (χ3n) is 7.68. The number of fused-ring (bicyclic) bond motifs is 1. The van der Waals surface area contributed by atoms with Gasteiger partial charge in [0.05, 0.1) is 5.41 Å². The minimum Gasteiger partial charge on any atom is -0.353 e. The molecule has 2 aliphatic rings. The summed E-state index contributed by atoms with van der Waals surface area (Å²) in [5, 5.41) is 11.5. The van der Waals surface area contributed by atoms with Crippen molar-refractivity contribution in [3.63, 3.8) is 0 Å². The molecule has 1 saturated heterocycles. The number of benzene rings is 2. The lowest BCUT2D eigenvalue weighted by molar-refractivity contribution is -0.131. The minimum absolute atomic E-state index is 0.0955. The smallest absolute Gasteiger partial charge is 0.226 e. The Kier molecular flexibility index (Phi) is 5.50. The van der Waals surface area contributed by atoms with Crippen LogP contribution in [-0.2, 0) is 4.79 Å². The van der Waals surface area contributed by atoms with E-state index in [0.29, 0.717) is 10.8 Å². The Hall–Kier alpha value is -2.37. The number of rotatable bonds is 4. The van der Waals surface area contributed by atoms with Crippen molar-refractivity contribution in [1.29, 1.82) is 0 Å². The molecule has 166 valence electrons. The van der Waals surface area contributed by atoms with Gasteiger partial charge in [-0.05, 0) is 67.3 Å². The van der Waals surface area contributed by atoms with Crippen molar-refractivity contribution >= 4 is 29.1 Å². The maximum atomic E-state index is 13.1. The summed E-state index contributed by atoms with van der Waals surface area (Å²) in [6.45, 7) is 4.28. The molecule has 7 heteroatoms. The Bertz CT molecular complexity index is 1130. The van der Waals surface area contributed by atoms with Gasteiger partial charge in [-0.2, -0.15) is 5.10 Å². The Balaban J connectivity index is 1.61. The van der Waals surface area contributed by atoms with Gasteiger partial charge in [0.25, 0.3) is 0 Å². The molecule has 1 aliphatic carbocycles. The fourth-order valence-corrected chi connectivity index (χ4v) is 6.66. The first-order valence-electron chi connectivity index (χ1n) is 11.2. The second-order valence-corrected chi connectivity index (χ2v) is 9.93. The third-order valence-corrected chi connectivity index (χ3v) is 8.26. The zero-order valence-electron chi connectivity index (χ0n) is 18.1. The Labute approximate surface area is 197 Å². The summed E-state index contributed by atoms with van der Waals surface area (Å²) in [4.78, 5) is 17.4. The normalized spacial score (nSPS) is 29.6. The number of halogens is 2. The van der Waals surface area contributed by atoms with E-state index < -0.39 is 0 Å². The Morgan fingerprint density at radius 1 is 1.16 bits per heavy atom. The zero-order valence-corrected chi connectivity index (χ0v) is 19.6. The Morgan fingerprint density at radius 2 is 1.94 bits per heavy atom. The van der Waals surface area contributed by atoms with E-state index in [9.17, 15) is 4.79 Å². The maximum Gasteiger partial charge on any atom is 0.226 e. The molecule has 2 fully saturated rings. The number of hydrogen-bond donors (Lipinski definition) is 2. The van der Waals surface area contributed by atoms with Crippen LogP contribution in [0, 0.1) is 11.3 Å². The van der Waals surface area contributed by atoms with Crippen LogP contribution >= 0.6 is 23.2 Å². The largest absolute Gasteiger partial charge is 0.353 e. The summed E-state index contributed by atoms with van der Waals surface area (Å²) in [5.74, 6) is 1.43. The van der Waals surface area contributed by atoms with Gasteiger partial charge in [-0.1, -0.05) is 54.4 Å². The number of H-pyrrole nitrogens is 1. The predicted octanol–water partition coefficient (Wildman–Crippen LogP) is 5.97. The number of aromatic amines is 1. The maximum absolute atomic E-state index is 13.1. The lowest BCUT2D eigenvalue weighted by Gasteiger charge is -2.47. The average Bonchev–Trinajstić information content (AvgIpc) is 3.41. The molecule has 0 spiro atoms. The molecule has 1 aromatic heterocycles. The van der Waals surface area contributed by atoms with E-state index in [4.69, 9.17) is 23.2 Å². The summed E-state index contributed by atoms with van der Waals surface area (Å²) in [7, 11) is 0. The van der Waals surface area contributed by atoms with E-state index in [1.54, 1.807) is 0 Å². The lowest BCUT2D eigenvalue weighted by atomic mass is 9.54. The topological polar surface area (TPSA) is 70.7 Å². The van der Waals surface area contributed by atoms with Gasteiger partial charge in [0.15, 0.2) is 5.82 Å². The van der Waals surface area contributed by atoms with Crippen molar-refractivity contribution in [1.82, 2.24) is 20.5 Å². The number of carbonyl (C=O) groups is 1. The monoisotopic (exact) mass is 468 g/mol. The molecule has 32 heavy (non-hydrogen) atoms. The second-order valence-electron chi connectivity index (χ2n) is 9.09. The zero-order chi connectivity index (χ0) is 22.5. The summed E-state index contributed by atoms with van der Waals surface area (Å²) in [6.07, 6.45) is 4.09. The number of nitrogens with zero attached hydrogens (tertiary/aromatic N) is 2. The number of aromatic nitrogens is 3. The fraction of sp³-hybridized carbons (Fsp3) is 0.400. The molecule has 5 rings (SSSR count). The van der Waals surface area contributed by atoms with Crippen LogP contribution in [-0.4, -0.2) is 27.1 Å². The van der Waals surface area contributed by atoms with Crippen LogP contribution in [0.15, 0.2) is 48.8 Å². The van der Waals surface area contributed by atoms with Crippen LogP contribution in [0.2, 0.25) is 10.0 Å². The minimum atomic E-state index is -0.341. The number of nitrogens with one attached hydrogen (secondary N) is 2. The van der Waals surface area contributed by atoms with Gasteiger partial charge in [-0.25, -0.2) is 4.98 Å². The van der Waals surface area contributed by atoms with Crippen LogP contribution in [0.5, 0.6) is 0 Å². The second kappa shape index (κ2) is 8.20. The van der Waals surface area contributed by atoms with E-state index in [-0.39, 0.29) is 35.1 Å². The highest BCUT2D eigenvalue weighted by Gasteiger charge is 2.59. The first-order chi connectivity index (χ1) is 15.4. The van der Waals surface area contributed by atoms with Crippen LogP contribution in [0.3, 0.4) is 0 Å². The molecule has 5 nitrogen and oxygen atoms in total. The molecule has 2 aromatic carbocycles. The molecule has 3 aromatic rings. The first-order valence-corrected chi connectivity index (χ1v) is 11.9. The van der Waals surface area contributed by atoms with Crippen molar-refractivity contribution in [3.8, 4) is 11.4 Å². The summed E-state index contributed by atoms with van der Waals surface area (Å²) in [5.41, 5.74) is 2.89. The number of hydrogen-bond acceptors (Lipinski definition) is 3. The molecule has 1 saturated carbocycles. The summed E-state index contributed by atoms with van der Waals surface area (Å²) in [6, 6.07) is 14.3. The van der Waals surface area contributed by atoms with E-state index in [1.165, 1.54) is 11.9 Å². The molecule has 5 atom stereocenters. The predicted molar refractivity (Wildman–Crippen MR) is 127 cm³/mol. The molecular formula is C25H26Cl2N4O. The number of amides is 1. The molecule has 1 aliphatic heterocycles. The Morgan fingerprint density at radius 3 is 2.59 bits per heavy atom. The highest BCUT2D eigenvalue weighted by atomic mass is 35.5. The van der Waals surface area contributed by atoms with E-state index in [0.717, 1.165) is 35.4 Å². The van der Waals surface area contributed by atoms with Crippen LogP contribution in [0.25, 0.3) is 11.4 Å². The van der Waals surface area contributed by atoms with Crippen molar-refractivity contribution in [2.75, 3.05) is 0 Å². The van der Waals surface area contributed by atoms with Crippen molar-refractivity contribution in [3.05, 3.63) is 70.0 Å². The molecule has 2 N–H and O–H groups in total. The van der Waals surface area contributed by atoms with E-state index in [2.05, 4.69) is 52.5 Å². The van der Waals surface area contributed by atoms with E-state index in [1.807, 2.05) is 24.3 Å². The van der Waals surface area contributed by atoms with Crippen LogP contribution in [0.4, 0.5) is 0 Å². The first kappa shape index (κ1) is 21.5. The molecule has 0 radical (unpaired) electrons. The standard InChI is InChI=1S/C25H26Cl2N4O/c1-3-25-11-10-19(18-9-6-16(12-20(18)27)23-28-13-29-31-23)21(15-4-7-17(26)8-5-15)22(25)14(2)30-24(25)32/h4-9,12-14,19,21-22H,3,10-11H2,1-2H3,(H,30,32)(H,28,29,31)/t14-,19+,21+,22+,25-/m1/s1. The molecular weight excluding hydrogens is 443 g/mol.